The van der Waals surface area contributed by atoms with Crippen LogP contribution >= 0.6 is 11.6 Å². The van der Waals surface area contributed by atoms with Crippen LogP contribution in [0.1, 0.15) is 32.6 Å². The Labute approximate surface area is 167 Å². The van der Waals surface area contributed by atoms with Gasteiger partial charge in [0.25, 0.3) is 0 Å². The quantitative estimate of drug-likeness (QED) is 0.708. The number of nitrogens with one attached hydrogen (secondary N) is 1. The molecule has 1 atom stereocenters. The zero-order chi connectivity index (χ0) is 20.0. The SMILES string of the molecule is CCC(C(=O)NCCC1CCN(C)CC1)N(c1cccc(Cl)c1)S(C)(=O)=O. The van der Waals surface area contributed by atoms with E-state index in [-0.39, 0.29) is 5.91 Å². The van der Waals surface area contributed by atoms with Crippen molar-refractivity contribution < 1.29 is 13.2 Å². The topological polar surface area (TPSA) is 69.7 Å². The third-order valence-electron chi connectivity index (χ3n) is 5.08. The maximum Gasteiger partial charge on any atom is 0.243 e. The van der Waals surface area contributed by atoms with Crippen molar-refractivity contribution in [1.29, 1.82) is 0 Å². The summed E-state index contributed by atoms with van der Waals surface area (Å²) in [4.78, 5) is 15.1. The Kier molecular flexibility index (Phi) is 7.94. The molecule has 0 spiro atoms. The largest absolute Gasteiger partial charge is 0.354 e. The van der Waals surface area contributed by atoms with Crippen LogP contribution in [0.2, 0.25) is 5.02 Å². The van der Waals surface area contributed by atoms with E-state index in [2.05, 4.69) is 17.3 Å². The molecule has 0 bridgehead atoms. The second kappa shape index (κ2) is 9.75. The number of likely N-dealkylation sites (tertiary alicyclic amines) is 1. The van der Waals surface area contributed by atoms with Crippen molar-refractivity contribution in [2.45, 2.75) is 38.6 Å². The first kappa shape index (κ1) is 22.0. The van der Waals surface area contributed by atoms with Gasteiger partial charge in [-0.25, -0.2) is 8.42 Å². The lowest BCUT2D eigenvalue weighted by molar-refractivity contribution is -0.122. The van der Waals surface area contributed by atoms with E-state index in [4.69, 9.17) is 11.6 Å². The van der Waals surface area contributed by atoms with Crippen LogP contribution in [0.5, 0.6) is 0 Å². The average molecular weight is 416 g/mol. The number of carbonyl (C=O) groups is 1. The molecule has 2 rings (SSSR count). The van der Waals surface area contributed by atoms with Gasteiger partial charge < -0.3 is 10.2 Å². The third-order valence-corrected chi connectivity index (χ3v) is 6.50. The lowest BCUT2D eigenvalue weighted by Gasteiger charge is -2.31. The van der Waals surface area contributed by atoms with Crippen molar-refractivity contribution in [3.05, 3.63) is 29.3 Å². The van der Waals surface area contributed by atoms with Crippen LogP contribution in [0.4, 0.5) is 5.69 Å². The van der Waals surface area contributed by atoms with Crippen LogP contribution in [-0.4, -0.2) is 58.2 Å². The van der Waals surface area contributed by atoms with E-state index in [1.165, 1.54) is 4.31 Å². The highest BCUT2D eigenvalue weighted by Gasteiger charge is 2.31. The summed E-state index contributed by atoms with van der Waals surface area (Å²) < 4.78 is 26.0. The predicted molar refractivity (Wildman–Crippen MR) is 111 cm³/mol. The maximum absolute atomic E-state index is 12.8. The minimum Gasteiger partial charge on any atom is -0.354 e. The smallest absolute Gasteiger partial charge is 0.243 e. The number of halogens is 1. The minimum atomic E-state index is -3.63. The molecule has 1 fully saturated rings. The fourth-order valence-corrected chi connectivity index (χ4v) is 4.93. The summed E-state index contributed by atoms with van der Waals surface area (Å²) in [5.41, 5.74) is 0.405. The molecule has 1 amide bonds. The highest BCUT2D eigenvalue weighted by Crippen LogP contribution is 2.25. The number of amides is 1. The zero-order valence-electron chi connectivity index (χ0n) is 16.3. The molecule has 0 radical (unpaired) electrons. The molecular weight excluding hydrogens is 386 g/mol. The van der Waals surface area contributed by atoms with Crippen molar-refractivity contribution in [1.82, 2.24) is 10.2 Å². The van der Waals surface area contributed by atoms with Crippen LogP contribution in [-0.2, 0) is 14.8 Å². The van der Waals surface area contributed by atoms with Gasteiger partial charge in [-0.1, -0.05) is 24.6 Å². The molecule has 0 aliphatic carbocycles. The zero-order valence-corrected chi connectivity index (χ0v) is 17.9. The first-order valence-corrected chi connectivity index (χ1v) is 11.7. The van der Waals surface area contributed by atoms with E-state index in [0.29, 0.717) is 29.6 Å². The number of rotatable bonds is 8. The summed E-state index contributed by atoms with van der Waals surface area (Å²) >= 11 is 6.02. The van der Waals surface area contributed by atoms with E-state index in [1.54, 1.807) is 24.3 Å². The molecule has 152 valence electrons. The predicted octanol–water partition coefficient (Wildman–Crippen LogP) is 2.73. The second-order valence-corrected chi connectivity index (χ2v) is 9.58. The molecule has 1 unspecified atom stereocenters. The third kappa shape index (κ3) is 6.36. The second-order valence-electron chi connectivity index (χ2n) is 7.29. The number of hydrogen-bond donors (Lipinski definition) is 1. The van der Waals surface area contributed by atoms with Gasteiger partial charge in [0, 0.05) is 11.6 Å². The Morgan fingerprint density at radius 1 is 1.37 bits per heavy atom. The summed E-state index contributed by atoms with van der Waals surface area (Å²) in [5.74, 6) is 0.344. The monoisotopic (exact) mass is 415 g/mol. The average Bonchev–Trinajstić information content (AvgIpc) is 2.60. The Morgan fingerprint density at radius 3 is 2.59 bits per heavy atom. The lowest BCUT2D eigenvalue weighted by Crippen LogP contribution is -2.49. The van der Waals surface area contributed by atoms with Crippen molar-refractivity contribution in [2.24, 2.45) is 5.92 Å². The molecule has 1 aliphatic heterocycles. The van der Waals surface area contributed by atoms with Gasteiger partial charge in [-0.3, -0.25) is 9.10 Å². The molecule has 27 heavy (non-hydrogen) atoms. The van der Waals surface area contributed by atoms with Gasteiger partial charge >= 0.3 is 0 Å². The van der Waals surface area contributed by atoms with Gasteiger partial charge in [-0.05, 0) is 69.9 Å². The van der Waals surface area contributed by atoms with Gasteiger partial charge in [0.15, 0.2) is 0 Å². The van der Waals surface area contributed by atoms with Gasteiger partial charge in [0.1, 0.15) is 6.04 Å². The molecule has 1 saturated heterocycles. The van der Waals surface area contributed by atoms with Crippen LogP contribution in [0.25, 0.3) is 0 Å². The maximum atomic E-state index is 12.8. The molecular formula is C19H30ClN3O3S. The molecule has 1 aliphatic rings. The summed E-state index contributed by atoms with van der Waals surface area (Å²) in [6.07, 6.45) is 4.69. The Balaban J connectivity index is 2.04. The first-order valence-electron chi connectivity index (χ1n) is 9.43. The minimum absolute atomic E-state index is 0.268. The number of benzene rings is 1. The molecule has 1 N–H and O–H groups in total. The molecule has 1 aromatic carbocycles. The molecule has 6 nitrogen and oxygen atoms in total. The molecule has 8 heteroatoms. The van der Waals surface area contributed by atoms with E-state index >= 15 is 0 Å². The van der Waals surface area contributed by atoms with E-state index in [9.17, 15) is 13.2 Å². The summed E-state index contributed by atoms with van der Waals surface area (Å²) in [7, 11) is -1.51. The van der Waals surface area contributed by atoms with Crippen LogP contribution < -0.4 is 9.62 Å². The van der Waals surface area contributed by atoms with Gasteiger partial charge in [0.05, 0.1) is 11.9 Å². The molecule has 1 aromatic rings. The molecule has 0 aromatic heterocycles. The van der Waals surface area contributed by atoms with Crippen molar-refractivity contribution in [2.75, 3.05) is 37.2 Å². The highest BCUT2D eigenvalue weighted by molar-refractivity contribution is 7.92. The van der Waals surface area contributed by atoms with E-state index < -0.39 is 16.1 Å². The van der Waals surface area contributed by atoms with Crippen LogP contribution in [0.3, 0.4) is 0 Å². The first-order chi connectivity index (χ1) is 12.7. The Bertz CT molecular complexity index is 733. The number of nitrogens with zero attached hydrogens (tertiary/aromatic N) is 2. The van der Waals surface area contributed by atoms with Crippen LogP contribution in [0.15, 0.2) is 24.3 Å². The number of carbonyl (C=O) groups excluding carboxylic acids is 1. The number of piperidine rings is 1. The Morgan fingerprint density at radius 2 is 2.04 bits per heavy atom. The fraction of sp³-hybridized carbons (Fsp3) is 0.632. The highest BCUT2D eigenvalue weighted by atomic mass is 35.5. The van der Waals surface area contributed by atoms with Gasteiger partial charge in [0.2, 0.25) is 15.9 Å². The Hall–Kier alpha value is -1.31. The molecule has 0 saturated carbocycles. The molecule has 1 heterocycles. The normalized spacial score (nSPS) is 17.5. The van der Waals surface area contributed by atoms with Gasteiger partial charge in [-0.2, -0.15) is 0 Å². The summed E-state index contributed by atoms with van der Waals surface area (Å²) in [5, 5.41) is 3.37. The van der Waals surface area contributed by atoms with Gasteiger partial charge in [-0.15, -0.1) is 0 Å². The van der Waals surface area contributed by atoms with E-state index in [0.717, 1.165) is 38.6 Å². The van der Waals surface area contributed by atoms with Crippen molar-refractivity contribution in [3.8, 4) is 0 Å². The fourth-order valence-electron chi connectivity index (χ4n) is 3.54. The van der Waals surface area contributed by atoms with Crippen molar-refractivity contribution >= 4 is 33.2 Å². The number of hydrogen-bond acceptors (Lipinski definition) is 4. The summed E-state index contributed by atoms with van der Waals surface area (Å²) in [6.45, 7) is 4.56. The van der Waals surface area contributed by atoms with Crippen LogP contribution in [0, 0.1) is 5.92 Å². The van der Waals surface area contributed by atoms with E-state index in [1.807, 2.05) is 6.92 Å². The summed E-state index contributed by atoms with van der Waals surface area (Å²) in [6, 6.07) is 5.78. The lowest BCUT2D eigenvalue weighted by atomic mass is 9.94. The van der Waals surface area contributed by atoms with Crippen molar-refractivity contribution in [3.63, 3.8) is 0 Å². The number of anilines is 1. The number of sulfonamides is 1. The standard InChI is InChI=1S/C19H30ClN3O3S/c1-4-18(19(24)21-11-8-15-9-12-22(2)13-10-15)23(27(3,25)26)17-7-5-6-16(20)14-17/h5-7,14-15,18H,4,8-13H2,1-3H3,(H,21,24).